The third-order valence-electron chi connectivity index (χ3n) is 10.9. The zero-order valence-electron chi connectivity index (χ0n) is 30.3. The Kier molecular flexibility index (Phi) is 9.77. The van der Waals surface area contributed by atoms with Crippen molar-refractivity contribution in [3.8, 4) is 0 Å². The molecule has 4 fully saturated rings. The first-order valence-electron chi connectivity index (χ1n) is 17.7. The summed E-state index contributed by atoms with van der Waals surface area (Å²) < 4.78 is 118. The normalized spacial score (nSPS) is 24.8. The van der Waals surface area contributed by atoms with Crippen molar-refractivity contribution >= 4 is 26.4 Å². The van der Waals surface area contributed by atoms with Crippen LogP contribution in [-0.2, 0) is 34.1 Å². The molecule has 3 aromatic carbocycles. The van der Waals surface area contributed by atoms with Crippen LogP contribution in [0.15, 0.2) is 93.5 Å². The summed E-state index contributed by atoms with van der Waals surface area (Å²) in [5.74, 6) is -1.13. The van der Waals surface area contributed by atoms with E-state index in [9.17, 15) is 26.4 Å². The van der Waals surface area contributed by atoms with E-state index in [1.54, 1.807) is 66.7 Å². The summed E-state index contributed by atoms with van der Waals surface area (Å²) >= 11 is 0. The molecule has 1 atom stereocenters. The lowest BCUT2D eigenvalue weighted by Gasteiger charge is -2.55. The van der Waals surface area contributed by atoms with Crippen LogP contribution in [0.3, 0.4) is 0 Å². The highest BCUT2D eigenvalue weighted by atomic mass is 32.3. The van der Waals surface area contributed by atoms with Gasteiger partial charge in [-0.05, 0) is 113 Å². The van der Waals surface area contributed by atoms with Gasteiger partial charge in [-0.3, -0.25) is 4.79 Å². The van der Waals surface area contributed by atoms with Gasteiger partial charge in [0.2, 0.25) is 0 Å². The minimum atomic E-state index is -6.56. The zero-order valence-corrected chi connectivity index (χ0v) is 31.9. The van der Waals surface area contributed by atoms with E-state index in [1.165, 1.54) is 12.1 Å². The molecule has 0 heterocycles. The molecule has 1 unspecified atom stereocenters. The number of alkyl halides is 5. The van der Waals surface area contributed by atoms with Crippen LogP contribution >= 0.6 is 10.3 Å². The molecule has 4 aliphatic carbocycles. The number of halogens is 5. The number of carbonyl (C=O) groups excluding carboxylic acids is 1. The summed E-state index contributed by atoms with van der Waals surface area (Å²) in [6.45, 7) is 11.2. The summed E-state index contributed by atoms with van der Waals surface area (Å²) in [6, 6.07) is 21.3. The first kappa shape index (κ1) is 38.8. The topological polar surface area (TPSA) is 69.7 Å². The fourth-order valence-electron chi connectivity index (χ4n) is 9.00. The average molecular weight is 767 g/mol. The molecule has 0 aliphatic heterocycles. The quantitative estimate of drug-likeness (QED) is 0.160. The molecule has 0 aromatic heterocycles. The highest BCUT2D eigenvalue weighted by Crippen LogP contribution is 2.73. The van der Waals surface area contributed by atoms with E-state index in [4.69, 9.17) is 8.37 Å². The number of hydrogen-bond donors (Lipinski definition) is 0. The number of rotatable bonds is 9. The molecule has 0 saturated heterocycles. The molecule has 5 nitrogen and oxygen atoms in total. The maximum Gasteiger partial charge on any atom is 0.432 e. The number of ether oxygens (including phenoxy) is 1. The van der Waals surface area contributed by atoms with E-state index in [1.807, 2.05) is 41.5 Å². The van der Waals surface area contributed by atoms with Gasteiger partial charge in [-0.15, -0.1) is 0 Å². The van der Waals surface area contributed by atoms with Gasteiger partial charge < -0.3 is 4.74 Å². The number of esters is 1. The van der Waals surface area contributed by atoms with Gasteiger partial charge in [-0.2, -0.15) is 30.4 Å². The van der Waals surface area contributed by atoms with Gasteiger partial charge in [-0.25, -0.2) is 3.63 Å². The van der Waals surface area contributed by atoms with Crippen LogP contribution in [0.5, 0.6) is 0 Å². The second-order valence-electron chi connectivity index (χ2n) is 17.0. The zero-order chi connectivity index (χ0) is 38.1. The van der Waals surface area contributed by atoms with E-state index in [0.717, 1.165) is 19.3 Å². The van der Waals surface area contributed by atoms with E-state index < -0.39 is 60.2 Å². The molecule has 0 N–H and O–H groups in total. The Hall–Kier alpha value is -2.96. The van der Waals surface area contributed by atoms with Crippen LogP contribution < -0.4 is 0 Å². The molecule has 284 valence electrons. The largest absolute Gasteiger partial charge is 0.444 e. The Labute approximate surface area is 305 Å². The van der Waals surface area contributed by atoms with Crippen LogP contribution in [0, 0.1) is 23.2 Å². The third kappa shape index (κ3) is 6.81. The fourth-order valence-corrected chi connectivity index (χ4v) is 15.0. The minimum Gasteiger partial charge on any atom is -0.444 e. The van der Waals surface area contributed by atoms with Gasteiger partial charge >= 0.3 is 27.5 Å². The molecule has 7 rings (SSSR count). The predicted molar refractivity (Wildman–Crippen MR) is 191 cm³/mol. The molecular formula is C40H47F5O5S2. The van der Waals surface area contributed by atoms with Gasteiger partial charge in [0.1, 0.15) is 0 Å². The van der Waals surface area contributed by atoms with Gasteiger partial charge in [0, 0.05) is 14.7 Å². The predicted octanol–water partition coefficient (Wildman–Crippen LogP) is 11.1. The van der Waals surface area contributed by atoms with Crippen molar-refractivity contribution in [3.63, 3.8) is 0 Å². The Morgan fingerprint density at radius 2 is 1.08 bits per heavy atom. The molecule has 0 spiro atoms. The molecule has 4 saturated carbocycles. The number of benzene rings is 3. The van der Waals surface area contributed by atoms with Crippen molar-refractivity contribution in [2.45, 2.75) is 123 Å². The Balaban J connectivity index is 1.55. The van der Waals surface area contributed by atoms with Crippen LogP contribution in [0.4, 0.5) is 22.0 Å². The van der Waals surface area contributed by atoms with Gasteiger partial charge in [-0.1, -0.05) is 96.1 Å². The monoisotopic (exact) mass is 766 g/mol. The molecular weight excluding hydrogens is 720 g/mol. The van der Waals surface area contributed by atoms with E-state index in [0.29, 0.717) is 11.1 Å². The maximum absolute atomic E-state index is 16.7. The van der Waals surface area contributed by atoms with Crippen molar-refractivity contribution in [1.29, 1.82) is 0 Å². The molecule has 12 heteroatoms. The molecule has 3 aromatic rings. The van der Waals surface area contributed by atoms with Gasteiger partial charge in [0.25, 0.3) is 6.10 Å². The third-order valence-corrected chi connectivity index (χ3v) is 16.2. The lowest BCUT2D eigenvalue weighted by molar-refractivity contribution is -0.266. The molecule has 0 radical (unpaired) electrons. The SMILES string of the molecule is CC(C)(C)c1ccccc1S(OS(=O)(=O)C(F)(F)C(OC(=O)C12CC3CC(CC(C3)C1)C2)C(F)(F)F)(c1ccccc1)c1ccccc1C(C)(C)C. The summed E-state index contributed by atoms with van der Waals surface area (Å²) in [4.78, 5) is 14.3. The number of hydrogen-bond acceptors (Lipinski definition) is 5. The summed E-state index contributed by atoms with van der Waals surface area (Å²) in [6.07, 6.45) is -7.01. The lowest BCUT2D eigenvalue weighted by atomic mass is 9.49. The summed E-state index contributed by atoms with van der Waals surface area (Å²) in [5.41, 5.74) is -1.64. The molecule has 4 aliphatic rings. The minimum absolute atomic E-state index is 0.0940. The van der Waals surface area contributed by atoms with Crippen molar-refractivity contribution in [1.82, 2.24) is 0 Å². The van der Waals surface area contributed by atoms with Gasteiger partial charge in [0.05, 0.1) is 5.41 Å². The molecule has 4 bridgehead atoms. The van der Waals surface area contributed by atoms with E-state index >= 15 is 8.78 Å². The van der Waals surface area contributed by atoms with Crippen LogP contribution in [0.25, 0.3) is 0 Å². The lowest BCUT2D eigenvalue weighted by Crippen LogP contribution is -2.56. The van der Waals surface area contributed by atoms with Crippen molar-refractivity contribution in [2.24, 2.45) is 23.2 Å². The average Bonchev–Trinajstić information content (AvgIpc) is 3.04. The molecule has 52 heavy (non-hydrogen) atoms. The van der Waals surface area contributed by atoms with E-state index in [2.05, 4.69) is 0 Å². The highest BCUT2D eigenvalue weighted by Gasteiger charge is 2.69. The second-order valence-corrected chi connectivity index (χ2v) is 21.4. The highest BCUT2D eigenvalue weighted by molar-refractivity contribution is 8.33. The smallest absolute Gasteiger partial charge is 0.432 e. The van der Waals surface area contributed by atoms with Crippen LogP contribution in [0.1, 0.15) is 91.2 Å². The van der Waals surface area contributed by atoms with Gasteiger partial charge in [0.15, 0.2) is 0 Å². The van der Waals surface area contributed by atoms with Crippen molar-refractivity contribution in [2.75, 3.05) is 0 Å². The number of carbonyl (C=O) groups is 1. The fraction of sp³-hybridized carbons (Fsp3) is 0.525. The van der Waals surface area contributed by atoms with E-state index in [-0.39, 0.29) is 51.7 Å². The standard InChI is InChI=1S/C40H47F5O5S2/c1-36(2,3)30-16-10-12-18-32(30)51(29-14-8-7-9-15-29,33-19-13-11-17-31(33)37(4,5)6)50-52(47,48)40(44,45)34(39(41,42)43)49-35(46)38-23-26-20-27(24-38)22-28(21-26)25-38/h7-19,26-28,34H,20-25H2,1-6H3. The van der Waals surface area contributed by atoms with Crippen molar-refractivity contribution in [3.05, 3.63) is 90.0 Å². The maximum atomic E-state index is 16.7. The summed E-state index contributed by atoms with van der Waals surface area (Å²) in [5, 5.41) is -5.73. The second kappa shape index (κ2) is 13.1. The van der Waals surface area contributed by atoms with Crippen molar-refractivity contribution < 1.29 is 43.5 Å². The summed E-state index contributed by atoms with van der Waals surface area (Å²) in [7, 11) is -10.4. The molecule has 0 amide bonds. The Bertz CT molecular complexity index is 1820. The van der Waals surface area contributed by atoms with Crippen LogP contribution in [0.2, 0.25) is 0 Å². The Morgan fingerprint density at radius 1 is 0.673 bits per heavy atom. The Morgan fingerprint density at radius 3 is 1.48 bits per heavy atom. The first-order valence-corrected chi connectivity index (χ1v) is 20.7. The first-order chi connectivity index (χ1) is 24.0. The van der Waals surface area contributed by atoms with Crippen LogP contribution in [-0.4, -0.2) is 31.9 Å².